The van der Waals surface area contributed by atoms with Crippen LogP contribution in [0.15, 0.2) is 48.5 Å². The first-order chi connectivity index (χ1) is 13.5. The number of aromatic amines is 1. The fraction of sp³-hybridized carbons (Fsp3) is 0.300. The summed E-state index contributed by atoms with van der Waals surface area (Å²) in [6.45, 7) is 3.16. The normalized spacial score (nSPS) is 14.6. The van der Waals surface area contributed by atoms with Gasteiger partial charge in [0.05, 0.1) is 0 Å². The van der Waals surface area contributed by atoms with E-state index in [1.165, 1.54) is 42.7 Å². The fourth-order valence-corrected chi connectivity index (χ4v) is 3.34. The van der Waals surface area contributed by atoms with Crippen molar-refractivity contribution in [3.05, 3.63) is 54.1 Å². The lowest BCUT2D eigenvalue weighted by atomic mass is 10.1. The van der Waals surface area contributed by atoms with Crippen LogP contribution >= 0.6 is 12.4 Å². The molecule has 0 amide bonds. The molecule has 1 N–H and O–H groups in total. The van der Waals surface area contributed by atoms with Crippen LogP contribution in [0.4, 0.5) is 13.2 Å². The van der Waals surface area contributed by atoms with Gasteiger partial charge in [0, 0.05) is 17.7 Å². The number of benzene rings is 2. The van der Waals surface area contributed by atoms with Crippen molar-refractivity contribution >= 4 is 12.4 Å². The Morgan fingerprint density at radius 2 is 1.72 bits per heavy atom. The predicted molar refractivity (Wildman–Crippen MR) is 106 cm³/mol. The first-order valence-corrected chi connectivity index (χ1v) is 9.06. The fourth-order valence-electron chi connectivity index (χ4n) is 3.34. The maximum absolute atomic E-state index is 12.3. The summed E-state index contributed by atoms with van der Waals surface area (Å²) in [6, 6.07) is 13.6. The molecule has 29 heavy (non-hydrogen) atoms. The van der Waals surface area contributed by atoms with Gasteiger partial charge in [-0.2, -0.15) is 5.10 Å². The highest BCUT2D eigenvalue weighted by Gasteiger charge is 2.31. The molecule has 0 aliphatic carbocycles. The van der Waals surface area contributed by atoms with Gasteiger partial charge in [0.25, 0.3) is 0 Å². The van der Waals surface area contributed by atoms with Gasteiger partial charge in [0.15, 0.2) is 11.6 Å². The lowest BCUT2D eigenvalue weighted by molar-refractivity contribution is -0.274. The molecule has 1 saturated heterocycles. The summed E-state index contributed by atoms with van der Waals surface area (Å²) in [7, 11) is 0. The lowest BCUT2D eigenvalue weighted by Crippen LogP contribution is -2.18. The van der Waals surface area contributed by atoms with Crippen LogP contribution < -0.4 is 4.74 Å². The molecule has 5 nitrogen and oxygen atoms in total. The summed E-state index contributed by atoms with van der Waals surface area (Å²) in [4.78, 5) is 6.91. The standard InChI is InChI=1S/C20H19F3N4O.ClH/c21-20(22,23)28-17-8-6-15(7-9-17)18-24-19(26-25-18)16-5-3-4-14(12-16)13-27-10-1-2-11-27;/h3-9,12H,1-2,10-11,13H2,(H,24,25,26);1H. The molecule has 0 atom stereocenters. The molecule has 0 bridgehead atoms. The summed E-state index contributed by atoms with van der Waals surface area (Å²) in [5, 5.41) is 7.10. The molecule has 0 saturated carbocycles. The van der Waals surface area contributed by atoms with E-state index >= 15 is 0 Å². The summed E-state index contributed by atoms with van der Waals surface area (Å²) in [5.74, 6) is 0.762. The predicted octanol–water partition coefficient (Wildman–Crippen LogP) is 5.05. The van der Waals surface area contributed by atoms with Gasteiger partial charge in [-0.3, -0.25) is 10.00 Å². The second-order valence-corrected chi connectivity index (χ2v) is 6.76. The van der Waals surface area contributed by atoms with Crippen LogP contribution in [0.2, 0.25) is 0 Å². The van der Waals surface area contributed by atoms with E-state index in [2.05, 4.69) is 37.0 Å². The largest absolute Gasteiger partial charge is 0.573 e. The number of nitrogens with zero attached hydrogens (tertiary/aromatic N) is 3. The number of alkyl halides is 3. The summed E-state index contributed by atoms with van der Waals surface area (Å²) in [6.07, 6.45) is -2.21. The van der Waals surface area contributed by atoms with E-state index in [0.717, 1.165) is 25.2 Å². The molecule has 1 aliphatic rings. The molecule has 1 aromatic heterocycles. The minimum absolute atomic E-state index is 0. The van der Waals surface area contributed by atoms with E-state index in [-0.39, 0.29) is 18.2 Å². The molecule has 3 aromatic rings. The molecule has 0 unspecified atom stereocenters. The number of halogens is 4. The molecule has 0 radical (unpaired) electrons. The molecule has 2 aromatic carbocycles. The monoisotopic (exact) mass is 424 g/mol. The van der Waals surface area contributed by atoms with Crippen LogP contribution in [0.25, 0.3) is 22.8 Å². The SMILES string of the molecule is Cl.FC(F)(F)Oc1ccc(-c2nc(-c3cccc(CN4CCCC4)c3)n[nH]2)cc1. The number of rotatable bonds is 5. The topological polar surface area (TPSA) is 54.0 Å². The Labute approximate surface area is 172 Å². The van der Waals surface area contributed by atoms with E-state index < -0.39 is 6.36 Å². The maximum atomic E-state index is 12.3. The second-order valence-electron chi connectivity index (χ2n) is 6.76. The number of nitrogens with one attached hydrogen (secondary N) is 1. The van der Waals surface area contributed by atoms with Crippen molar-refractivity contribution < 1.29 is 17.9 Å². The molecular weight excluding hydrogens is 405 g/mol. The van der Waals surface area contributed by atoms with Gasteiger partial charge in [-0.15, -0.1) is 25.6 Å². The Balaban J connectivity index is 0.00000240. The number of ether oxygens (including phenoxy) is 1. The third-order valence-corrected chi connectivity index (χ3v) is 4.64. The molecule has 2 heterocycles. The van der Waals surface area contributed by atoms with Crippen molar-refractivity contribution in [1.82, 2.24) is 20.1 Å². The number of H-pyrrole nitrogens is 1. The zero-order valence-electron chi connectivity index (χ0n) is 15.4. The van der Waals surface area contributed by atoms with E-state index in [0.29, 0.717) is 17.2 Å². The number of hydrogen-bond acceptors (Lipinski definition) is 4. The van der Waals surface area contributed by atoms with Crippen LogP contribution in [-0.2, 0) is 6.54 Å². The molecule has 0 spiro atoms. The Morgan fingerprint density at radius 3 is 2.41 bits per heavy atom. The van der Waals surface area contributed by atoms with Crippen molar-refractivity contribution in [3.63, 3.8) is 0 Å². The van der Waals surface area contributed by atoms with Crippen LogP contribution in [0, 0.1) is 0 Å². The Bertz CT molecular complexity index is 937. The summed E-state index contributed by atoms with van der Waals surface area (Å²) in [5.41, 5.74) is 2.73. The average Bonchev–Trinajstić information content (AvgIpc) is 3.33. The third kappa shape index (κ3) is 5.48. The smallest absolute Gasteiger partial charge is 0.406 e. The van der Waals surface area contributed by atoms with Crippen LogP contribution in [0.5, 0.6) is 5.75 Å². The molecule has 1 aliphatic heterocycles. The van der Waals surface area contributed by atoms with Crippen molar-refractivity contribution in [3.8, 4) is 28.5 Å². The van der Waals surface area contributed by atoms with Crippen molar-refractivity contribution in [1.29, 1.82) is 0 Å². The summed E-state index contributed by atoms with van der Waals surface area (Å²) < 4.78 is 40.7. The quantitative estimate of drug-likeness (QED) is 0.622. The summed E-state index contributed by atoms with van der Waals surface area (Å²) >= 11 is 0. The Hall–Kier alpha value is -2.58. The van der Waals surface area contributed by atoms with Crippen molar-refractivity contribution in [2.75, 3.05) is 13.1 Å². The van der Waals surface area contributed by atoms with Crippen molar-refractivity contribution in [2.24, 2.45) is 0 Å². The van der Waals surface area contributed by atoms with Crippen molar-refractivity contribution in [2.45, 2.75) is 25.7 Å². The lowest BCUT2D eigenvalue weighted by Gasteiger charge is -2.14. The highest BCUT2D eigenvalue weighted by molar-refractivity contribution is 5.85. The average molecular weight is 425 g/mol. The molecule has 9 heteroatoms. The Morgan fingerprint density at radius 1 is 1.00 bits per heavy atom. The van der Waals surface area contributed by atoms with Gasteiger partial charge in [-0.25, -0.2) is 4.98 Å². The van der Waals surface area contributed by atoms with E-state index in [4.69, 9.17) is 0 Å². The number of aromatic nitrogens is 3. The van der Waals surface area contributed by atoms with Gasteiger partial charge in [-0.05, 0) is 61.8 Å². The van der Waals surface area contributed by atoms with Crippen LogP contribution in [-0.4, -0.2) is 39.5 Å². The minimum atomic E-state index is -4.71. The zero-order valence-corrected chi connectivity index (χ0v) is 16.3. The highest BCUT2D eigenvalue weighted by Crippen LogP contribution is 2.26. The van der Waals surface area contributed by atoms with Gasteiger partial charge in [-0.1, -0.05) is 18.2 Å². The maximum Gasteiger partial charge on any atom is 0.573 e. The first-order valence-electron chi connectivity index (χ1n) is 9.06. The van der Waals surface area contributed by atoms with Gasteiger partial charge in [0.1, 0.15) is 5.75 Å². The highest BCUT2D eigenvalue weighted by atomic mass is 35.5. The van der Waals surface area contributed by atoms with E-state index in [9.17, 15) is 13.2 Å². The first kappa shape index (κ1) is 21.1. The van der Waals surface area contributed by atoms with Gasteiger partial charge in [0.2, 0.25) is 0 Å². The second kappa shape index (κ2) is 8.84. The van der Waals surface area contributed by atoms with E-state index in [1.807, 2.05) is 12.1 Å². The number of likely N-dealkylation sites (tertiary alicyclic amines) is 1. The minimum Gasteiger partial charge on any atom is -0.406 e. The van der Waals surface area contributed by atoms with Crippen LogP contribution in [0.1, 0.15) is 18.4 Å². The molecule has 1 fully saturated rings. The zero-order chi connectivity index (χ0) is 19.6. The number of hydrogen-bond donors (Lipinski definition) is 1. The molecule has 4 rings (SSSR count). The molecular formula is C20H20ClF3N4O. The third-order valence-electron chi connectivity index (χ3n) is 4.64. The van der Waals surface area contributed by atoms with Gasteiger partial charge >= 0.3 is 6.36 Å². The van der Waals surface area contributed by atoms with E-state index in [1.54, 1.807) is 0 Å². The molecule has 154 valence electrons. The Kier molecular flexibility index (Phi) is 6.44. The van der Waals surface area contributed by atoms with Crippen LogP contribution in [0.3, 0.4) is 0 Å². The van der Waals surface area contributed by atoms with Gasteiger partial charge < -0.3 is 4.74 Å².